The summed E-state index contributed by atoms with van der Waals surface area (Å²) in [5, 5.41) is 7.41. The summed E-state index contributed by atoms with van der Waals surface area (Å²) in [4.78, 5) is 4.04. The monoisotopic (exact) mass is 262 g/mol. The first-order valence-electron chi connectivity index (χ1n) is 5.47. The van der Waals surface area contributed by atoms with Crippen LogP contribution in [-0.2, 0) is 6.54 Å². The van der Waals surface area contributed by atoms with E-state index in [4.69, 9.17) is 4.42 Å². The zero-order valence-electron chi connectivity index (χ0n) is 9.62. The summed E-state index contributed by atoms with van der Waals surface area (Å²) in [7, 11) is 0. The van der Waals surface area contributed by atoms with Gasteiger partial charge >= 0.3 is 0 Å². The average molecular weight is 262 g/mol. The highest BCUT2D eigenvalue weighted by atomic mass is 19.1. The van der Waals surface area contributed by atoms with Crippen LogP contribution in [0.1, 0.15) is 5.69 Å². The Hall–Kier alpha value is -2.57. The second-order valence-electron chi connectivity index (χ2n) is 3.84. The third kappa shape index (κ3) is 2.22. The number of oxazole rings is 1. The second kappa shape index (κ2) is 4.60. The average Bonchev–Trinajstić information content (AvgIpc) is 3.02. The van der Waals surface area contributed by atoms with E-state index in [9.17, 15) is 8.78 Å². The minimum atomic E-state index is -0.714. The highest BCUT2D eigenvalue weighted by Crippen LogP contribution is 2.25. The van der Waals surface area contributed by atoms with Crippen molar-refractivity contribution in [3.05, 3.63) is 54.2 Å². The molecular formula is C12H8F2N4O. The van der Waals surface area contributed by atoms with Crippen LogP contribution in [0.3, 0.4) is 0 Å². The highest BCUT2D eigenvalue weighted by Gasteiger charge is 2.16. The Morgan fingerprint density at radius 1 is 1.21 bits per heavy atom. The molecule has 2 aromatic heterocycles. The Kier molecular flexibility index (Phi) is 2.79. The van der Waals surface area contributed by atoms with Crippen molar-refractivity contribution in [3.8, 4) is 11.5 Å². The van der Waals surface area contributed by atoms with Crippen LogP contribution in [0, 0.1) is 11.6 Å². The molecule has 0 radical (unpaired) electrons. The summed E-state index contributed by atoms with van der Waals surface area (Å²) >= 11 is 0. The molecule has 96 valence electrons. The molecule has 0 saturated carbocycles. The number of aromatic nitrogens is 4. The number of halogens is 2. The zero-order valence-corrected chi connectivity index (χ0v) is 9.62. The van der Waals surface area contributed by atoms with Gasteiger partial charge in [-0.2, -0.15) is 0 Å². The van der Waals surface area contributed by atoms with Crippen LogP contribution in [0.25, 0.3) is 11.5 Å². The first-order valence-corrected chi connectivity index (χ1v) is 5.47. The fraction of sp³-hybridized carbons (Fsp3) is 0.0833. The second-order valence-corrected chi connectivity index (χ2v) is 3.84. The molecule has 0 amide bonds. The van der Waals surface area contributed by atoms with Gasteiger partial charge in [0.05, 0.1) is 12.7 Å². The molecule has 0 aliphatic heterocycles. The molecule has 2 heterocycles. The normalized spacial score (nSPS) is 10.8. The van der Waals surface area contributed by atoms with Crippen molar-refractivity contribution in [2.24, 2.45) is 0 Å². The molecule has 0 atom stereocenters. The lowest BCUT2D eigenvalue weighted by Gasteiger charge is -1.99. The van der Waals surface area contributed by atoms with Gasteiger partial charge in [0.25, 0.3) is 0 Å². The standard InChI is InChI=1S/C12H8F2N4O/c13-9-2-1-3-10(14)11(9)12-16-8(7-19-12)6-18-5-4-15-17-18/h1-5,7H,6H2. The SMILES string of the molecule is Fc1cccc(F)c1-c1nc(Cn2ccnn2)co1. The lowest BCUT2D eigenvalue weighted by molar-refractivity contribution is 0.540. The summed E-state index contributed by atoms with van der Waals surface area (Å²) in [6.45, 7) is 0.319. The molecule has 0 bridgehead atoms. The number of hydrogen-bond donors (Lipinski definition) is 0. The molecule has 0 aliphatic carbocycles. The van der Waals surface area contributed by atoms with Gasteiger partial charge in [-0.3, -0.25) is 0 Å². The molecule has 0 spiro atoms. The van der Waals surface area contributed by atoms with Gasteiger partial charge in [0, 0.05) is 6.20 Å². The zero-order chi connectivity index (χ0) is 13.2. The Morgan fingerprint density at radius 3 is 2.68 bits per heavy atom. The van der Waals surface area contributed by atoms with Crippen molar-refractivity contribution in [3.63, 3.8) is 0 Å². The van der Waals surface area contributed by atoms with Crippen LogP contribution in [0.2, 0.25) is 0 Å². The lowest BCUT2D eigenvalue weighted by atomic mass is 10.2. The predicted molar refractivity (Wildman–Crippen MR) is 61.0 cm³/mol. The molecule has 19 heavy (non-hydrogen) atoms. The molecule has 7 heteroatoms. The molecule has 0 N–H and O–H groups in total. The fourth-order valence-electron chi connectivity index (χ4n) is 1.68. The maximum Gasteiger partial charge on any atom is 0.232 e. The minimum absolute atomic E-state index is 0.0919. The number of nitrogens with zero attached hydrogens (tertiary/aromatic N) is 4. The fourth-order valence-corrected chi connectivity index (χ4v) is 1.68. The Morgan fingerprint density at radius 2 is 2.00 bits per heavy atom. The predicted octanol–water partition coefficient (Wildman–Crippen LogP) is 2.26. The van der Waals surface area contributed by atoms with E-state index >= 15 is 0 Å². The van der Waals surface area contributed by atoms with Crippen LogP contribution in [-0.4, -0.2) is 20.0 Å². The van der Waals surface area contributed by atoms with E-state index in [1.54, 1.807) is 6.20 Å². The highest BCUT2D eigenvalue weighted by molar-refractivity contribution is 5.55. The van der Waals surface area contributed by atoms with Gasteiger partial charge < -0.3 is 4.42 Å². The van der Waals surface area contributed by atoms with E-state index in [1.807, 2.05) is 0 Å². The van der Waals surface area contributed by atoms with Crippen molar-refractivity contribution in [2.45, 2.75) is 6.54 Å². The van der Waals surface area contributed by atoms with E-state index in [0.717, 1.165) is 12.1 Å². The van der Waals surface area contributed by atoms with Gasteiger partial charge in [-0.1, -0.05) is 11.3 Å². The van der Waals surface area contributed by atoms with Crippen LogP contribution in [0.4, 0.5) is 8.78 Å². The minimum Gasteiger partial charge on any atom is -0.444 e. The van der Waals surface area contributed by atoms with Crippen molar-refractivity contribution < 1.29 is 13.2 Å². The van der Waals surface area contributed by atoms with Gasteiger partial charge in [-0.15, -0.1) is 5.10 Å². The first kappa shape index (κ1) is 11.5. The maximum absolute atomic E-state index is 13.6. The van der Waals surface area contributed by atoms with Gasteiger partial charge in [-0.05, 0) is 12.1 Å². The molecule has 0 unspecified atom stereocenters. The number of hydrogen-bond acceptors (Lipinski definition) is 4. The number of benzene rings is 1. The van der Waals surface area contributed by atoms with Gasteiger partial charge in [-0.25, -0.2) is 18.4 Å². The van der Waals surface area contributed by atoms with Crippen LogP contribution in [0.5, 0.6) is 0 Å². The van der Waals surface area contributed by atoms with Crippen molar-refractivity contribution in [1.82, 2.24) is 20.0 Å². The van der Waals surface area contributed by atoms with Gasteiger partial charge in [0.15, 0.2) is 0 Å². The summed E-state index contributed by atoms with van der Waals surface area (Å²) in [5.74, 6) is -1.52. The molecule has 3 rings (SSSR count). The van der Waals surface area contributed by atoms with E-state index < -0.39 is 11.6 Å². The summed E-state index contributed by atoms with van der Waals surface area (Å²) in [5.41, 5.74) is 0.232. The molecular weight excluding hydrogens is 254 g/mol. The van der Waals surface area contributed by atoms with Gasteiger partial charge in [0.2, 0.25) is 5.89 Å². The molecule has 0 aliphatic rings. The summed E-state index contributed by atoms with van der Waals surface area (Å²) in [6, 6.07) is 3.59. The van der Waals surface area contributed by atoms with Crippen molar-refractivity contribution >= 4 is 0 Å². The Balaban J connectivity index is 1.93. The third-order valence-corrected chi connectivity index (χ3v) is 2.52. The number of rotatable bonds is 3. The quantitative estimate of drug-likeness (QED) is 0.726. The molecule has 0 fully saturated rings. The smallest absolute Gasteiger partial charge is 0.232 e. The molecule has 1 aromatic carbocycles. The summed E-state index contributed by atoms with van der Waals surface area (Å²) < 4.78 is 33.7. The molecule has 3 aromatic rings. The van der Waals surface area contributed by atoms with Crippen molar-refractivity contribution in [2.75, 3.05) is 0 Å². The van der Waals surface area contributed by atoms with Gasteiger partial charge in [0.1, 0.15) is 29.2 Å². The summed E-state index contributed by atoms with van der Waals surface area (Å²) in [6.07, 6.45) is 4.51. The maximum atomic E-state index is 13.6. The molecule has 0 saturated heterocycles. The van der Waals surface area contributed by atoms with Crippen LogP contribution >= 0.6 is 0 Å². The lowest BCUT2D eigenvalue weighted by Crippen LogP contribution is -2.00. The van der Waals surface area contributed by atoms with E-state index in [2.05, 4.69) is 15.3 Å². The topological polar surface area (TPSA) is 56.7 Å². The largest absolute Gasteiger partial charge is 0.444 e. The van der Waals surface area contributed by atoms with E-state index in [-0.39, 0.29) is 11.5 Å². The van der Waals surface area contributed by atoms with E-state index in [0.29, 0.717) is 12.2 Å². The Labute approximate surface area is 106 Å². The molecule has 5 nitrogen and oxygen atoms in total. The van der Waals surface area contributed by atoms with E-state index in [1.165, 1.54) is 23.2 Å². The van der Waals surface area contributed by atoms with Crippen LogP contribution < -0.4 is 0 Å². The third-order valence-electron chi connectivity index (χ3n) is 2.52. The first-order chi connectivity index (χ1) is 9.24. The van der Waals surface area contributed by atoms with Crippen LogP contribution in [0.15, 0.2) is 41.3 Å². The Bertz CT molecular complexity index is 673. The van der Waals surface area contributed by atoms with Crippen molar-refractivity contribution in [1.29, 1.82) is 0 Å².